The summed E-state index contributed by atoms with van der Waals surface area (Å²) >= 11 is 1.45. The molecule has 0 aliphatic heterocycles. The van der Waals surface area contributed by atoms with Gasteiger partial charge in [-0.2, -0.15) is 0 Å². The summed E-state index contributed by atoms with van der Waals surface area (Å²) in [6, 6.07) is 0. The first-order valence-electron chi connectivity index (χ1n) is 9.88. The molecule has 1 aromatic heterocycles. The Balaban J connectivity index is 1.88. The van der Waals surface area contributed by atoms with E-state index in [2.05, 4.69) is 5.32 Å². The minimum absolute atomic E-state index is 0.278. The number of aliphatic carboxylic acids is 1. The van der Waals surface area contributed by atoms with Gasteiger partial charge in [-0.15, -0.1) is 11.3 Å². The Bertz CT molecular complexity index is 726. The fourth-order valence-corrected chi connectivity index (χ4v) is 5.48. The average Bonchev–Trinajstić information content (AvgIpc) is 2.82. The Labute approximate surface area is 163 Å². The molecule has 148 valence electrons. The van der Waals surface area contributed by atoms with Crippen molar-refractivity contribution in [2.75, 3.05) is 11.9 Å². The first-order valence-corrected chi connectivity index (χ1v) is 10.7. The molecule has 1 amide bonds. The van der Waals surface area contributed by atoms with Crippen molar-refractivity contribution in [3.8, 4) is 0 Å². The Hall–Kier alpha value is -1.89. The van der Waals surface area contributed by atoms with Crippen molar-refractivity contribution in [2.24, 2.45) is 11.8 Å². The maximum Gasteiger partial charge on any atom is 0.341 e. The first-order chi connectivity index (χ1) is 13.0. The summed E-state index contributed by atoms with van der Waals surface area (Å²) in [6.45, 7) is 2.04. The standard InChI is InChI=1S/C20H27NO5S/c1-2-26-20(25)16-14-10-4-3-5-11-15(14)27-18(16)21-17(22)12-8-6-7-9-13(12)19(23)24/h12-13H,2-11H2,1H3,(H,21,22)(H,23,24)/t12-,13-/m1/s1. The zero-order valence-corrected chi connectivity index (χ0v) is 16.5. The number of esters is 1. The molecule has 1 aromatic rings. The maximum atomic E-state index is 12.9. The zero-order chi connectivity index (χ0) is 19.4. The molecular formula is C20H27NO5S. The normalized spacial score (nSPS) is 22.4. The van der Waals surface area contributed by atoms with Gasteiger partial charge in [0.25, 0.3) is 0 Å². The number of amides is 1. The third-order valence-corrected chi connectivity index (χ3v) is 6.76. The zero-order valence-electron chi connectivity index (χ0n) is 15.7. The molecule has 0 saturated heterocycles. The number of anilines is 1. The number of hydrogen-bond acceptors (Lipinski definition) is 5. The van der Waals surface area contributed by atoms with Crippen molar-refractivity contribution >= 4 is 34.2 Å². The number of aryl methyl sites for hydroxylation is 1. The van der Waals surface area contributed by atoms with Crippen LogP contribution in [0.3, 0.4) is 0 Å². The largest absolute Gasteiger partial charge is 0.481 e. The van der Waals surface area contributed by atoms with E-state index < -0.39 is 23.8 Å². The van der Waals surface area contributed by atoms with Crippen LogP contribution in [0.4, 0.5) is 5.00 Å². The van der Waals surface area contributed by atoms with E-state index in [9.17, 15) is 19.5 Å². The number of carbonyl (C=O) groups excluding carboxylic acids is 2. The Morgan fingerprint density at radius 2 is 1.78 bits per heavy atom. The summed E-state index contributed by atoms with van der Waals surface area (Å²) in [6.07, 6.45) is 7.74. The van der Waals surface area contributed by atoms with Gasteiger partial charge in [-0.25, -0.2) is 4.79 Å². The van der Waals surface area contributed by atoms with Gasteiger partial charge in [0.15, 0.2) is 0 Å². The second kappa shape index (κ2) is 8.87. The SMILES string of the molecule is CCOC(=O)c1c(NC(=O)[C@@H]2CCCC[C@H]2C(=O)O)sc2c1CCCCC2. The van der Waals surface area contributed by atoms with Crippen LogP contribution in [0.5, 0.6) is 0 Å². The Morgan fingerprint density at radius 1 is 1.07 bits per heavy atom. The molecule has 0 radical (unpaired) electrons. The fraction of sp³-hybridized carbons (Fsp3) is 0.650. The lowest BCUT2D eigenvalue weighted by Crippen LogP contribution is -2.36. The number of carboxylic acid groups (broad SMARTS) is 1. The molecular weight excluding hydrogens is 366 g/mol. The topological polar surface area (TPSA) is 92.7 Å². The van der Waals surface area contributed by atoms with Crippen LogP contribution in [-0.2, 0) is 27.2 Å². The van der Waals surface area contributed by atoms with Crippen LogP contribution in [0.15, 0.2) is 0 Å². The number of thiophene rings is 1. The predicted molar refractivity (Wildman–Crippen MR) is 103 cm³/mol. The lowest BCUT2D eigenvalue weighted by molar-refractivity contribution is -0.147. The van der Waals surface area contributed by atoms with Crippen LogP contribution in [0.2, 0.25) is 0 Å². The number of rotatable bonds is 5. The molecule has 2 aliphatic rings. The fourth-order valence-electron chi connectivity index (χ4n) is 4.19. The molecule has 1 heterocycles. The average molecular weight is 394 g/mol. The molecule has 7 heteroatoms. The lowest BCUT2D eigenvalue weighted by Gasteiger charge is -2.27. The molecule has 2 N–H and O–H groups in total. The van der Waals surface area contributed by atoms with Crippen molar-refractivity contribution < 1.29 is 24.2 Å². The lowest BCUT2D eigenvalue weighted by atomic mass is 9.79. The first kappa shape index (κ1) is 19.9. The van der Waals surface area contributed by atoms with E-state index in [4.69, 9.17) is 4.74 Å². The van der Waals surface area contributed by atoms with Gasteiger partial charge >= 0.3 is 11.9 Å². The van der Waals surface area contributed by atoms with Gasteiger partial charge in [0, 0.05) is 4.88 Å². The molecule has 6 nitrogen and oxygen atoms in total. The highest BCUT2D eigenvalue weighted by atomic mass is 32.1. The summed E-state index contributed by atoms with van der Waals surface area (Å²) in [5.74, 6) is -2.80. The Kier molecular flexibility index (Phi) is 6.52. The van der Waals surface area contributed by atoms with E-state index in [0.29, 0.717) is 23.4 Å². The molecule has 0 bridgehead atoms. The van der Waals surface area contributed by atoms with Crippen molar-refractivity contribution in [3.05, 3.63) is 16.0 Å². The van der Waals surface area contributed by atoms with Crippen LogP contribution >= 0.6 is 11.3 Å². The molecule has 2 aliphatic carbocycles. The second-order valence-corrected chi connectivity index (χ2v) is 8.42. The summed E-state index contributed by atoms with van der Waals surface area (Å²) < 4.78 is 5.24. The molecule has 2 atom stereocenters. The monoisotopic (exact) mass is 393 g/mol. The molecule has 0 unspecified atom stereocenters. The summed E-state index contributed by atoms with van der Waals surface area (Å²) in [5, 5.41) is 12.9. The van der Waals surface area contributed by atoms with Gasteiger partial charge in [0.1, 0.15) is 5.00 Å². The number of ether oxygens (including phenoxy) is 1. The minimum atomic E-state index is -0.914. The smallest absolute Gasteiger partial charge is 0.341 e. The number of carboxylic acids is 1. The van der Waals surface area contributed by atoms with E-state index in [0.717, 1.165) is 55.4 Å². The van der Waals surface area contributed by atoms with Gasteiger partial charge < -0.3 is 15.2 Å². The van der Waals surface area contributed by atoms with Crippen molar-refractivity contribution in [2.45, 2.75) is 64.7 Å². The molecule has 1 saturated carbocycles. The van der Waals surface area contributed by atoms with Crippen molar-refractivity contribution in [3.63, 3.8) is 0 Å². The van der Waals surface area contributed by atoms with Gasteiger partial charge in [-0.3, -0.25) is 9.59 Å². The maximum absolute atomic E-state index is 12.9. The van der Waals surface area contributed by atoms with E-state index >= 15 is 0 Å². The van der Waals surface area contributed by atoms with Crippen LogP contribution in [0.1, 0.15) is 72.7 Å². The van der Waals surface area contributed by atoms with E-state index in [-0.39, 0.29) is 12.5 Å². The second-order valence-electron chi connectivity index (χ2n) is 7.31. The summed E-state index contributed by atoms with van der Waals surface area (Å²) in [4.78, 5) is 38.1. The van der Waals surface area contributed by atoms with E-state index in [1.165, 1.54) is 11.3 Å². The highest BCUT2D eigenvalue weighted by molar-refractivity contribution is 7.17. The third kappa shape index (κ3) is 4.34. The van der Waals surface area contributed by atoms with Gasteiger partial charge in [0.05, 0.1) is 24.0 Å². The molecule has 0 aromatic carbocycles. The van der Waals surface area contributed by atoms with Gasteiger partial charge in [0.2, 0.25) is 5.91 Å². The molecule has 27 heavy (non-hydrogen) atoms. The van der Waals surface area contributed by atoms with Crippen LogP contribution in [-0.4, -0.2) is 29.6 Å². The van der Waals surface area contributed by atoms with Crippen LogP contribution < -0.4 is 5.32 Å². The number of carbonyl (C=O) groups is 3. The molecule has 1 fully saturated rings. The predicted octanol–water partition coefficient (Wildman–Crippen LogP) is 4.02. The highest BCUT2D eigenvalue weighted by Gasteiger charge is 2.37. The summed E-state index contributed by atoms with van der Waals surface area (Å²) in [5.41, 5.74) is 1.49. The van der Waals surface area contributed by atoms with Gasteiger partial charge in [-0.05, 0) is 51.0 Å². The van der Waals surface area contributed by atoms with Crippen molar-refractivity contribution in [1.29, 1.82) is 0 Å². The quantitative estimate of drug-likeness (QED) is 0.582. The Morgan fingerprint density at radius 3 is 2.48 bits per heavy atom. The van der Waals surface area contributed by atoms with Gasteiger partial charge in [-0.1, -0.05) is 19.3 Å². The van der Waals surface area contributed by atoms with E-state index in [1.54, 1.807) is 6.92 Å². The third-order valence-electron chi connectivity index (χ3n) is 5.56. The highest BCUT2D eigenvalue weighted by Crippen LogP contribution is 2.39. The number of hydrogen-bond donors (Lipinski definition) is 2. The summed E-state index contributed by atoms with van der Waals surface area (Å²) in [7, 11) is 0. The molecule has 0 spiro atoms. The van der Waals surface area contributed by atoms with Crippen LogP contribution in [0.25, 0.3) is 0 Å². The number of nitrogens with one attached hydrogen (secondary N) is 1. The van der Waals surface area contributed by atoms with Crippen LogP contribution in [0, 0.1) is 11.8 Å². The minimum Gasteiger partial charge on any atom is -0.481 e. The molecule has 3 rings (SSSR count). The van der Waals surface area contributed by atoms with Crippen molar-refractivity contribution in [1.82, 2.24) is 0 Å². The number of fused-ring (bicyclic) bond motifs is 1. The van der Waals surface area contributed by atoms with E-state index in [1.807, 2.05) is 0 Å².